The third-order valence-electron chi connectivity index (χ3n) is 5.42. The van der Waals surface area contributed by atoms with Gasteiger partial charge < -0.3 is 9.64 Å². The smallest absolute Gasteiger partial charge is 0.254 e. The number of nitrogens with zero attached hydrogens (tertiary/aromatic N) is 2. The Labute approximate surface area is 183 Å². The summed E-state index contributed by atoms with van der Waals surface area (Å²) in [4.78, 5) is 19.8. The van der Waals surface area contributed by atoms with E-state index in [-0.39, 0.29) is 11.9 Å². The summed E-state index contributed by atoms with van der Waals surface area (Å²) in [6.07, 6.45) is 0.893. The minimum atomic E-state index is 0.0500. The van der Waals surface area contributed by atoms with Crippen molar-refractivity contribution < 1.29 is 9.53 Å². The molecular weight excluding hydrogens is 392 g/mol. The molecule has 0 aliphatic rings. The van der Waals surface area contributed by atoms with E-state index in [0.29, 0.717) is 13.2 Å². The number of carbonyl (C=O) groups excluding carboxylic acids is 1. The first-order valence-corrected chi connectivity index (χ1v) is 11.3. The van der Waals surface area contributed by atoms with Gasteiger partial charge >= 0.3 is 0 Å². The van der Waals surface area contributed by atoms with Gasteiger partial charge in [0.2, 0.25) is 0 Å². The van der Waals surface area contributed by atoms with Crippen molar-refractivity contribution in [2.24, 2.45) is 0 Å². The highest BCUT2D eigenvalue weighted by molar-refractivity contribution is 7.09. The normalized spacial score (nSPS) is 11.9. The van der Waals surface area contributed by atoms with Crippen molar-refractivity contribution in [3.63, 3.8) is 0 Å². The van der Waals surface area contributed by atoms with Gasteiger partial charge in [0.25, 0.3) is 5.91 Å². The van der Waals surface area contributed by atoms with Crippen molar-refractivity contribution in [1.82, 2.24) is 9.88 Å². The van der Waals surface area contributed by atoms with Gasteiger partial charge in [-0.2, -0.15) is 0 Å². The number of hydrogen-bond donors (Lipinski definition) is 0. The molecule has 3 aromatic rings. The zero-order valence-corrected chi connectivity index (χ0v) is 19.3. The number of amides is 1. The largest absolute Gasteiger partial charge is 0.486 e. The first kappa shape index (κ1) is 22.0. The molecule has 1 heterocycles. The Hall–Kier alpha value is -2.66. The van der Waals surface area contributed by atoms with Gasteiger partial charge in [0.15, 0.2) is 0 Å². The second kappa shape index (κ2) is 9.90. The molecule has 1 atom stereocenters. The van der Waals surface area contributed by atoms with E-state index in [9.17, 15) is 4.79 Å². The lowest BCUT2D eigenvalue weighted by atomic mass is 10.1. The molecule has 0 fully saturated rings. The van der Waals surface area contributed by atoms with E-state index < -0.39 is 0 Å². The third-order valence-corrected chi connectivity index (χ3v) is 6.29. The van der Waals surface area contributed by atoms with Crippen molar-refractivity contribution >= 4 is 17.2 Å². The molecule has 3 rings (SSSR count). The second-order valence-corrected chi connectivity index (χ2v) is 8.77. The lowest BCUT2D eigenvalue weighted by molar-refractivity contribution is 0.0669. The van der Waals surface area contributed by atoms with Crippen LogP contribution >= 0.6 is 11.3 Å². The van der Waals surface area contributed by atoms with Gasteiger partial charge in [-0.15, -0.1) is 11.3 Å². The highest BCUT2D eigenvalue weighted by atomic mass is 32.1. The van der Waals surface area contributed by atoms with Crippen molar-refractivity contribution in [2.75, 3.05) is 0 Å². The molecule has 2 aromatic carbocycles. The van der Waals surface area contributed by atoms with E-state index in [1.54, 1.807) is 11.3 Å². The molecule has 0 saturated heterocycles. The molecular formula is C25H30N2O2S. The Balaban J connectivity index is 1.69. The van der Waals surface area contributed by atoms with Crippen molar-refractivity contribution in [3.05, 3.63) is 80.8 Å². The minimum absolute atomic E-state index is 0.0500. The molecule has 1 aromatic heterocycles. The number of carbonyl (C=O) groups is 1. The fourth-order valence-corrected chi connectivity index (χ4v) is 3.90. The Morgan fingerprint density at radius 1 is 1.13 bits per heavy atom. The SMILES string of the molecule is CCC(C)N(Cc1csc(COc2ccc(C)c(C)c2)n1)C(=O)c1cccc(C)c1. The van der Waals surface area contributed by atoms with Crippen LogP contribution in [0.4, 0.5) is 0 Å². The summed E-state index contributed by atoms with van der Waals surface area (Å²) < 4.78 is 5.91. The van der Waals surface area contributed by atoms with Gasteiger partial charge in [-0.25, -0.2) is 4.98 Å². The minimum Gasteiger partial charge on any atom is -0.486 e. The van der Waals surface area contributed by atoms with Crippen LogP contribution in [0.15, 0.2) is 47.8 Å². The number of rotatable bonds is 8. The maximum atomic E-state index is 13.2. The Morgan fingerprint density at radius 3 is 2.63 bits per heavy atom. The zero-order valence-electron chi connectivity index (χ0n) is 18.4. The van der Waals surface area contributed by atoms with E-state index in [4.69, 9.17) is 9.72 Å². The fraction of sp³-hybridized carbons (Fsp3) is 0.360. The van der Waals surface area contributed by atoms with Crippen LogP contribution in [0.2, 0.25) is 0 Å². The number of ether oxygens (including phenoxy) is 1. The topological polar surface area (TPSA) is 42.4 Å². The summed E-state index contributed by atoms with van der Waals surface area (Å²) in [6.45, 7) is 11.3. The Bertz CT molecular complexity index is 1010. The van der Waals surface area contributed by atoms with Crippen molar-refractivity contribution in [3.8, 4) is 5.75 Å². The van der Waals surface area contributed by atoms with Crippen LogP contribution in [0.3, 0.4) is 0 Å². The summed E-state index contributed by atoms with van der Waals surface area (Å²) in [5.74, 6) is 0.902. The van der Waals surface area contributed by atoms with Crippen LogP contribution in [-0.4, -0.2) is 21.8 Å². The van der Waals surface area contributed by atoms with Gasteiger partial charge in [-0.3, -0.25) is 4.79 Å². The molecule has 5 heteroatoms. The van der Waals surface area contributed by atoms with Crippen LogP contribution in [-0.2, 0) is 13.2 Å². The number of aryl methyl sites for hydroxylation is 3. The second-order valence-electron chi connectivity index (χ2n) is 7.83. The lowest BCUT2D eigenvalue weighted by Gasteiger charge is -2.28. The predicted octanol–water partition coefficient (Wildman–Crippen LogP) is 6.09. The maximum Gasteiger partial charge on any atom is 0.254 e. The average molecular weight is 423 g/mol. The molecule has 0 bridgehead atoms. The fourth-order valence-electron chi connectivity index (χ4n) is 3.20. The van der Waals surface area contributed by atoms with Gasteiger partial charge in [0.05, 0.1) is 12.2 Å². The van der Waals surface area contributed by atoms with Gasteiger partial charge in [0.1, 0.15) is 17.4 Å². The average Bonchev–Trinajstić information content (AvgIpc) is 3.19. The molecule has 1 unspecified atom stereocenters. The highest BCUT2D eigenvalue weighted by Crippen LogP contribution is 2.21. The first-order chi connectivity index (χ1) is 14.4. The van der Waals surface area contributed by atoms with Crippen LogP contribution < -0.4 is 4.74 Å². The van der Waals surface area contributed by atoms with E-state index in [2.05, 4.69) is 39.8 Å². The summed E-state index contributed by atoms with van der Waals surface area (Å²) in [6, 6.07) is 14.0. The number of hydrogen-bond acceptors (Lipinski definition) is 4. The molecule has 158 valence electrons. The monoisotopic (exact) mass is 422 g/mol. The summed E-state index contributed by atoms with van der Waals surface area (Å²) in [5, 5.41) is 2.94. The molecule has 0 spiro atoms. The van der Waals surface area contributed by atoms with Gasteiger partial charge in [-0.05, 0) is 69.5 Å². The van der Waals surface area contributed by atoms with Crippen LogP contribution in [0.1, 0.15) is 58.0 Å². The molecule has 0 saturated carbocycles. The maximum absolute atomic E-state index is 13.2. The van der Waals surface area contributed by atoms with Gasteiger partial charge in [-0.1, -0.05) is 30.7 Å². The summed E-state index contributed by atoms with van der Waals surface area (Å²) in [7, 11) is 0. The Kier molecular flexibility index (Phi) is 7.27. The molecule has 0 radical (unpaired) electrons. The van der Waals surface area contributed by atoms with Crippen LogP contribution in [0, 0.1) is 20.8 Å². The molecule has 0 N–H and O–H groups in total. The summed E-state index contributed by atoms with van der Waals surface area (Å²) in [5.41, 5.74) is 5.18. The van der Waals surface area contributed by atoms with E-state index in [0.717, 1.165) is 34.0 Å². The van der Waals surface area contributed by atoms with Gasteiger partial charge in [0, 0.05) is 17.0 Å². The molecule has 0 aliphatic heterocycles. The number of thiazole rings is 1. The molecule has 30 heavy (non-hydrogen) atoms. The summed E-state index contributed by atoms with van der Waals surface area (Å²) >= 11 is 1.57. The highest BCUT2D eigenvalue weighted by Gasteiger charge is 2.22. The Morgan fingerprint density at radius 2 is 1.93 bits per heavy atom. The molecule has 0 aliphatic carbocycles. The van der Waals surface area contributed by atoms with E-state index in [1.165, 1.54) is 11.1 Å². The molecule has 1 amide bonds. The quantitative estimate of drug-likeness (QED) is 0.441. The van der Waals surface area contributed by atoms with E-state index >= 15 is 0 Å². The number of aromatic nitrogens is 1. The predicted molar refractivity (Wildman–Crippen MR) is 123 cm³/mol. The van der Waals surface area contributed by atoms with Crippen molar-refractivity contribution in [1.29, 1.82) is 0 Å². The van der Waals surface area contributed by atoms with E-state index in [1.807, 2.05) is 47.5 Å². The molecule has 4 nitrogen and oxygen atoms in total. The lowest BCUT2D eigenvalue weighted by Crippen LogP contribution is -2.38. The zero-order chi connectivity index (χ0) is 21.7. The van der Waals surface area contributed by atoms with Crippen LogP contribution in [0.5, 0.6) is 5.75 Å². The van der Waals surface area contributed by atoms with Crippen molar-refractivity contribution in [2.45, 2.75) is 60.2 Å². The third kappa shape index (κ3) is 5.48. The van der Waals surface area contributed by atoms with Crippen LogP contribution in [0.25, 0.3) is 0 Å². The first-order valence-electron chi connectivity index (χ1n) is 10.4. The number of benzene rings is 2. The standard InChI is InChI=1S/C25H30N2O2S/c1-6-20(5)27(25(28)21-9-7-8-17(2)12-21)14-22-16-30-24(26-22)15-29-23-11-10-18(3)19(4)13-23/h7-13,16,20H,6,14-15H2,1-5H3.